The molecule has 0 radical (unpaired) electrons. The van der Waals surface area contributed by atoms with Crippen LogP contribution in [0.1, 0.15) is 40.5 Å². The fourth-order valence-corrected chi connectivity index (χ4v) is 5.13. The molecule has 10 heteroatoms. The number of nitrogens with one attached hydrogen (secondary N) is 1. The fourth-order valence-electron chi connectivity index (χ4n) is 3.27. The molecule has 1 amide bonds. The molecule has 1 heterocycles. The zero-order valence-electron chi connectivity index (χ0n) is 17.0. The Hall–Kier alpha value is -2.13. The highest BCUT2D eigenvalue weighted by atomic mass is 35.5. The summed E-state index contributed by atoms with van der Waals surface area (Å²) in [6.07, 6.45) is 1.57. The molecule has 0 spiro atoms. The van der Waals surface area contributed by atoms with E-state index >= 15 is 0 Å². The maximum atomic E-state index is 13.0. The summed E-state index contributed by atoms with van der Waals surface area (Å²) in [4.78, 5) is 24.6. The molecule has 0 atom stereocenters. The third-order valence-electron chi connectivity index (χ3n) is 5.20. The Balaban J connectivity index is 1.88. The van der Waals surface area contributed by atoms with Crippen LogP contribution in [0.4, 0.5) is 5.69 Å². The quantitative estimate of drug-likeness (QED) is 0.632. The Bertz CT molecular complexity index is 1110. The van der Waals surface area contributed by atoms with Crippen LogP contribution in [-0.2, 0) is 14.8 Å². The van der Waals surface area contributed by atoms with E-state index in [1.807, 2.05) is 0 Å². The number of sulfonamides is 1. The van der Waals surface area contributed by atoms with Crippen LogP contribution in [0.2, 0.25) is 10.0 Å². The molecule has 0 bridgehead atoms. The van der Waals surface area contributed by atoms with Crippen molar-refractivity contribution in [2.45, 2.75) is 24.7 Å². The molecule has 166 valence electrons. The first kappa shape index (κ1) is 23.5. The molecule has 1 aliphatic heterocycles. The predicted octanol–water partition coefficient (Wildman–Crippen LogP) is 4.45. The predicted molar refractivity (Wildman–Crippen MR) is 119 cm³/mol. The van der Waals surface area contributed by atoms with Gasteiger partial charge in [0.15, 0.2) is 0 Å². The average molecular weight is 485 g/mol. The van der Waals surface area contributed by atoms with Gasteiger partial charge in [0, 0.05) is 13.1 Å². The van der Waals surface area contributed by atoms with Gasteiger partial charge in [0.05, 0.1) is 38.9 Å². The number of carbonyl (C=O) groups excluding carboxylic acids is 2. The lowest BCUT2D eigenvalue weighted by molar-refractivity contribution is 0.0600. The van der Waals surface area contributed by atoms with Crippen LogP contribution in [0.3, 0.4) is 0 Å². The van der Waals surface area contributed by atoms with Gasteiger partial charge in [-0.05, 0) is 55.2 Å². The number of esters is 1. The summed E-state index contributed by atoms with van der Waals surface area (Å²) in [5.41, 5.74) is 0.348. The minimum Gasteiger partial charge on any atom is -0.465 e. The van der Waals surface area contributed by atoms with Crippen molar-refractivity contribution in [1.29, 1.82) is 0 Å². The number of carbonyl (C=O) groups is 2. The maximum Gasteiger partial charge on any atom is 0.337 e. The number of methoxy groups -OCH3 is 1. The molecule has 1 aliphatic rings. The monoisotopic (exact) mass is 484 g/mol. The van der Waals surface area contributed by atoms with Gasteiger partial charge in [-0.3, -0.25) is 4.79 Å². The number of benzene rings is 2. The van der Waals surface area contributed by atoms with Crippen LogP contribution in [0, 0.1) is 5.92 Å². The van der Waals surface area contributed by atoms with E-state index in [2.05, 4.69) is 17.0 Å². The second-order valence-electron chi connectivity index (χ2n) is 7.37. The van der Waals surface area contributed by atoms with E-state index in [-0.39, 0.29) is 31.8 Å². The lowest BCUT2D eigenvalue weighted by Gasteiger charge is -2.29. The molecule has 7 nitrogen and oxygen atoms in total. The highest BCUT2D eigenvalue weighted by molar-refractivity contribution is 7.89. The van der Waals surface area contributed by atoms with Crippen LogP contribution >= 0.6 is 23.2 Å². The summed E-state index contributed by atoms with van der Waals surface area (Å²) < 4.78 is 32.1. The molecule has 31 heavy (non-hydrogen) atoms. The third-order valence-corrected chi connectivity index (χ3v) is 7.75. The Kier molecular flexibility index (Phi) is 7.26. The van der Waals surface area contributed by atoms with Crippen LogP contribution in [0.25, 0.3) is 0 Å². The second-order valence-corrected chi connectivity index (χ2v) is 10.1. The summed E-state index contributed by atoms with van der Waals surface area (Å²) in [5.74, 6) is -0.768. The molecular weight excluding hydrogens is 463 g/mol. The first-order valence-electron chi connectivity index (χ1n) is 9.62. The third kappa shape index (κ3) is 5.20. The van der Waals surface area contributed by atoms with Crippen LogP contribution in [0.5, 0.6) is 0 Å². The van der Waals surface area contributed by atoms with E-state index in [4.69, 9.17) is 23.2 Å². The van der Waals surface area contributed by atoms with Gasteiger partial charge in [-0.25, -0.2) is 13.2 Å². The van der Waals surface area contributed by atoms with E-state index < -0.39 is 21.9 Å². The topological polar surface area (TPSA) is 92.8 Å². The summed E-state index contributed by atoms with van der Waals surface area (Å²) in [6.45, 7) is 2.96. The zero-order valence-corrected chi connectivity index (χ0v) is 19.4. The van der Waals surface area contributed by atoms with Crippen LogP contribution in [-0.4, -0.2) is 44.8 Å². The van der Waals surface area contributed by atoms with Crippen molar-refractivity contribution in [2.75, 3.05) is 25.5 Å². The van der Waals surface area contributed by atoms with Gasteiger partial charge in [0.1, 0.15) is 0 Å². The summed E-state index contributed by atoms with van der Waals surface area (Å²) in [7, 11) is -2.51. The van der Waals surface area contributed by atoms with Crippen LogP contribution < -0.4 is 5.32 Å². The Labute approximate surface area is 191 Å². The molecule has 1 fully saturated rings. The molecule has 0 unspecified atom stereocenters. The average Bonchev–Trinajstić information content (AvgIpc) is 2.75. The van der Waals surface area contributed by atoms with E-state index in [1.165, 1.54) is 47.8 Å². The first-order valence-corrected chi connectivity index (χ1v) is 11.8. The van der Waals surface area contributed by atoms with E-state index in [0.29, 0.717) is 19.0 Å². The normalized spacial score (nSPS) is 15.5. The number of hydrogen-bond donors (Lipinski definition) is 1. The van der Waals surface area contributed by atoms with E-state index in [9.17, 15) is 18.0 Å². The highest BCUT2D eigenvalue weighted by Crippen LogP contribution is 2.29. The van der Waals surface area contributed by atoms with Gasteiger partial charge >= 0.3 is 5.97 Å². The SMILES string of the molecule is COC(=O)c1ccc(Cl)c(NC(=O)c2cc(S(=O)(=O)N3CCC(C)CC3)ccc2Cl)c1. The molecule has 2 aromatic carbocycles. The summed E-state index contributed by atoms with van der Waals surface area (Å²) >= 11 is 12.3. The number of ether oxygens (including phenoxy) is 1. The number of hydrogen-bond acceptors (Lipinski definition) is 5. The zero-order chi connectivity index (χ0) is 22.8. The smallest absolute Gasteiger partial charge is 0.337 e. The van der Waals surface area contributed by atoms with Crippen molar-refractivity contribution in [1.82, 2.24) is 4.31 Å². The Morgan fingerprint density at radius 2 is 1.71 bits per heavy atom. The molecule has 0 saturated carbocycles. The minimum absolute atomic E-state index is 0.00832. The molecule has 1 saturated heterocycles. The fraction of sp³-hybridized carbons (Fsp3) is 0.333. The van der Waals surface area contributed by atoms with Crippen molar-refractivity contribution >= 4 is 50.8 Å². The Morgan fingerprint density at radius 1 is 1.06 bits per heavy atom. The summed E-state index contributed by atoms with van der Waals surface area (Å²) in [5, 5.41) is 2.86. The molecule has 0 aromatic heterocycles. The highest BCUT2D eigenvalue weighted by Gasteiger charge is 2.29. The minimum atomic E-state index is -3.75. The van der Waals surface area contributed by atoms with Gasteiger partial charge in [0.25, 0.3) is 5.91 Å². The standard InChI is InChI=1S/C21H22Cl2N2O5S/c1-13-7-9-25(10-8-13)31(28,29)15-4-6-17(22)16(12-15)20(26)24-19-11-14(21(27)30-2)3-5-18(19)23/h3-6,11-13H,7-10H2,1-2H3,(H,24,26). The second kappa shape index (κ2) is 9.56. The Morgan fingerprint density at radius 3 is 2.35 bits per heavy atom. The van der Waals surface area contributed by atoms with Gasteiger partial charge < -0.3 is 10.1 Å². The van der Waals surface area contributed by atoms with Crippen molar-refractivity contribution in [3.05, 3.63) is 57.6 Å². The molecular formula is C21H22Cl2N2O5S. The number of rotatable bonds is 5. The molecule has 1 N–H and O–H groups in total. The van der Waals surface area contributed by atoms with Gasteiger partial charge in [-0.1, -0.05) is 30.1 Å². The maximum absolute atomic E-state index is 13.0. The molecule has 2 aromatic rings. The van der Waals surface area contributed by atoms with Crippen molar-refractivity contribution < 1.29 is 22.7 Å². The van der Waals surface area contributed by atoms with Crippen molar-refractivity contribution in [3.8, 4) is 0 Å². The number of nitrogens with zero attached hydrogens (tertiary/aromatic N) is 1. The molecule has 0 aliphatic carbocycles. The van der Waals surface area contributed by atoms with Crippen molar-refractivity contribution in [3.63, 3.8) is 0 Å². The van der Waals surface area contributed by atoms with Gasteiger partial charge in [-0.2, -0.15) is 4.31 Å². The first-order chi connectivity index (χ1) is 14.6. The number of anilines is 1. The summed E-state index contributed by atoms with van der Waals surface area (Å²) in [6, 6.07) is 8.30. The van der Waals surface area contributed by atoms with E-state index in [0.717, 1.165) is 12.8 Å². The number of piperidine rings is 1. The molecule has 3 rings (SSSR count). The lowest BCUT2D eigenvalue weighted by atomic mass is 10.0. The lowest BCUT2D eigenvalue weighted by Crippen LogP contribution is -2.37. The number of halogens is 2. The number of amides is 1. The van der Waals surface area contributed by atoms with Crippen molar-refractivity contribution in [2.24, 2.45) is 5.92 Å². The largest absolute Gasteiger partial charge is 0.465 e. The van der Waals surface area contributed by atoms with Crippen LogP contribution in [0.15, 0.2) is 41.3 Å². The van der Waals surface area contributed by atoms with Gasteiger partial charge in [-0.15, -0.1) is 0 Å². The van der Waals surface area contributed by atoms with E-state index in [1.54, 1.807) is 0 Å². The van der Waals surface area contributed by atoms with Gasteiger partial charge in [0.2, 0.25) is 10.0 Å².